The third-order valence-electron chi connectivity index (χ3n) is 4.64. The van der Waals surface area contributed by atoms with Gasteiger partial charge in [-0.25, -0.2) is 0 Å². The lowest BCUT2D eigenvalue weighted by Crippen LogP contribution is -2.56. The number of primary amides is 1. The summed E-state index contributed by atoms with van der Waals surface area (Å²) in [6.45, 7) is 1.96. The maximum atomic E-state index is 12.3. The summed E-state index contributed by atoms with van der Waals surface area (Å²) in [4.78, 5) is 24.4. The minimum Gasteiger partial charge on any atom is -0.469 e. The summed E-state index contributed by atoms with van der Waals surface area (Å²) in [5.41, 5.74) is 5.82. The SMILES string of the molecule is COC(=O)C1([C@H](N[C@@H](C)c2ccccc2)C(N)=O)CCCC1. The number of amides is 1. The Morgan fingerprint density at radius 1 is 1.23 bits per heavy atom. The van der Waals surface area contributed by atoms with Crippen molar-refractivity contribution in [2.45, 2.75) is 44.7 Å². The monoisotopic (exact) mass is 304 g/mol. The Balaban J connectivity index is 2.25. The Kier molecular flexibility index (Phi) is 5.19. The molecule has 0 saturated heterocycles. The number of esters is 1. The van der Waals surface area contributed by atoms with Crippen LogP contribution in [0.2, 0.25) is 0 Å². The van der Waals surface area contributed by atoms with Gasteiger partial charge in [0.05, 0.1) is 12.5 Å². The van der Waals surface area contributed by atoms with Crippen LogP contribution >= 0.6 is 0 Å². The molecule has 1 aliphatic rings. The molecule has 0 bridgehead atoms. The third-order valence-corrected chi connectivity index (χ3v) is 4.64. The Hall–Kier alpha value is -1.88. The molecule has 2 rings (SSSR count). The lowest BCUT2D eigenvalue weighted by atomic mass is 9.77. The molecule has 120 valence electrons. The van der Waals surface area contributed by atoms with E-state index < -0.39 is 17.4 Å². The van der Waals surface area contributed by atoms with Crippen LogP contribution in [-0.4, -0.2) is 25.0 Å². The highest BCUT2D eigenvalue weighted by Gasteiger charge is 2.51. The highest BCUT2D eigenvalue weighted by molar-refractivity contribution is 5.90. The fourth-order valence-corrected chi connectivity index (χ4v) is 3.42. The standard InChI is InChI=1S/C17H24N2O3/c1-12(13-8-4-3-5-9-13)19-14(15(18)20)17(16(21)22-2)10-6-7-11-17/h3-5,8-9,12,14,19H,6-7,10-11H2,1-2H3,(H2,18,20)/t12-,14+/m0/s1. The van der Waals surface area contributed by atoms with E-state index in [2.05, 4.69) is 5.32 Å². The van der Waals surface area contributed by atoms with Crippen molar-refractivity contribution < 1.29 is 14.3 Å². The number of carbonyl (C=O) groups is 2. The summed E-state index contributed by atoms with van der Waals surface area (Å²) in [6, 6.07) is 8.98. The second-order valence-corrected chi connectivity index (χ2v) is 5.99. The second kappa shape index (κ2) is 6.92. The van der Waals surface area contributed by atoms with Gasteiger partial charge in [-0.1, -0.05) is 43.2 Å². The molecule has 0 aliphatic heterocycles. The van der Waals surface area contributed by atoms with Crippen LogP contribution in [0.3, 0.4) is 0 Å². The van der Waals surface area contributed by atoms with E-state index in [0.717, 1.165) is 18.4 Å². The number of rotatable bonds is 6. The Morgan fingerprint density at radius 3 is 2.32 bits per heavy atom. The van der Waals surface area contributed by atoms with Crippen LogP contribution < -0.4 is 11.1 Å². The molecule has 1 aromatic carbocycles. The maximum Gasteiger partial charge on any atom is 0.313 e. The van der Waals surface area contributed by atoms with Crippen LogP contribution in [0.4, 0.5) is 0 Å². The molecule has 1 saturated carbocycles. The van der Waals surface area contributed by atoms with Crippen molar-refractivity contribution in [3.05, 3.63) is 35.9 Å². The number of carbonyl (C=O) groups excluding carboxylic acids is 2. The van der Waals surface area contributed by atoms with Crippen LogP contribution in [0.1, 0.15) is 44.2 Å². The topological polar surface area (TPSA) is 81.4 Å². The van der Waals surface area contributed by atoms with Crippen molar-refractivity contribution in [1.29, 1.82) is 0 Å². The van der Waals surface area contributed by atoms with Gasteiger partial charge in [-0.15, -0.1) is 0 Å². The van der Waals surface area contributed by atoms with Crippen LogP contribution in [0.25, 0.3) is 0 Å². The number of nitrogens with two attached hydrogens (primary N) is 1. The van der Waals surface area contributed by atoms with Crippen molar-refractivity contribution in [2.75, 3.05) is 7.11 Å². The largest absolute Gasteiger partial charge is 0.469 e. The predicted octanol–water partition coefficient (Wildman–Crippen LogP) is 1.92. The molecule has 22 heavy (non-hydrogen) atoms. The number of hydrogen-bond acceptors (Lipinski definition) is 4. The van der Waals surface area contributed by atoms with E-state index in [4.69, 9.17) is 10.5 Å². The number of methoxy groups -OCH3 is 1. The maximum absolute atomic E-state index is 12.3. The van der Waals surface area contributed by atoms with E-state index in [0.29, 0.717) is 12.8 Å². The molecule has 3 N–H and O–H groups in total. The van der Waals surface area contributed by atoms with E-state index >= 15 is 0 Å². The summed E-state index contributed by atoms with van der Waals surface area (Å²) in [5.74, 6) is -0.850. The summed E-state index contributed by atoms with van der Waals surface area (Å²) >= 11 is 0. The minimum atomic E-state index is -0.844. The van der Waals surface area contributed by atoms with Gasteiger partial charge in [0.25, 0.3) is 0 Å². The zero-order chi connectivity index (χ0) is 16.2. The molecule has 0 spiro atoms. The highest BCUT2D eigenvalue weighted by atomic mass is 16.5. The van der Waals surface area contributed by atoms with Gasteiger partial charge in [-0.3, -0.25) is 14.9 Å². The van der Waals surface area contributed by atoms with E-state index in [1.807, 2.05) is 37.3 Å². The van der Waals surface area contributed by atoms with Crippen molar-refractivity contribution in [3.63, 3.8) is 0 Å². The summed E-state index contributed by atoms with van der Waals surface area (Å²) in [7, 11) is 1.36. The highest BCUT2D eigenvalue weighted by Crippen LogP contribution is 2.42. The minimum absolute atomic E-state index is 0.0826. The predicted molar refractivity (Wildman–Crippen MR) is 83.9 cm³/mol. The molecule has 5 heteroatoms. The van der Waals surface area contributed by atoms with Gasteiger partial charge in [0.15, 0.2) is 0 Å². The average molecular weight is 304 g/mol. The summed E-state index contributed by atoms with van der Waals surface area (Å²) < 4.78 is 4.97. The Bertz CT molecular complexity index is 524. The molecule has 2 atom stereocenters. The van der Waals surface area contributed by atoms with Gasteiger partial charge in [0.1, 0.15) is 6.04 Å². The van der Waals surface area contributed by atoms with Crippen LogP contribution in [0, 0.1) is 5.41 Å². The van der Waals surface area contributed by atoms with Crippen LogP contribution in [0.15, 0.2) is 30.3 Å². The normalized spacial score (nSPS) is 19.4. The van der Waals surface area contributed by atoms with Gasteiger partial charge in [-0.05, 0) is 25.3 Å². The number of benzene rings is 1. The first-order valence-electron chi connectivity index (χ1n) is 7.70. The molecule has 0 radical (unpaired) electrons. The lowest BCUT2D eigenvalue weighted by molar-refractivity contribution is -0.157. The lowest BCUT2D eigenvalue weighted by Gasteiger charge is -2.35. The van der Waals surface area contributed by atoms with Gasteiger partial charge in [-0.2, -0.15) is 0 Å². The zero-order valence-electron chi connectivity index (χ0n) is 13.2. The second-order valence-electron chi connectivity index (χ2n) is 5.99. The molecule has 0 heterocycles. The third kappa shape index (κ3) is 3.14. The fraction of sp³-hybridized carbons (Fsp3) is 0.529. The van der Waals surface area contributed by atoms with E-state index in [1.165, 1.54) is 7.11 Å². The van der Waals surface area contributed by atoms with Gasteiger partial charge in [0, 0.05) is 6.04 Å². The molecule has 5 nitrogen and oxygen atoms in total. The Morgan fingerprint density at radius 2 is 1.82 bits per heavy atom. The van der Waals surface area contributed by atoms with Gasteiger partial charge in [0.2, 0.25) is 5.91 Å². The van der Waals surface area contributed by atoms with Gasteiger partial charge >= 0.3 is 5.97 Å². The van der Waals surface area contributed by atoms with E-state index in [-0.39, 0.29) is 12.0 Å². The average Bonchev–Trinajstić information content (AvgIpc) is 3.02. The molecule has 1 fully saturated rings. The number of ether oxygens (including phenoxy) is 1. The van der Waals surface area contributed by atoms with Gasteiger partial charge < -0.3 is 10.5 Å². The first-order valence-corrected chi connectivity index (χ1v) is 7.70. The van der Waals surface area contributed by atoms with Crippen LogP contribution in [0.5, 0.6) is 0 Å². The van der Waals surface area contributed by atoms with Crippen LogP contribution in [-0.2, 0) is 14.3 Å². The zero-order valence-corrected chi connectivity index (χ0v) is 13.2. The van der Waals surface area contributed by atoms with Crippen molar-refractivity contribution >= 4 is 11.9 Å². The molecule has 1 amide bonds. The first-order chi connectivity index (χ1) is 10.5. The van der Waals surface area contributed by atoms with Crippen molar-refractivity contribution in [3.8, 4) is 0 Å². The molecular weight excluding hydrogens is 280 g/mol. The molecule has 1 aromatic rings. The molecular formula is C17H24N2O3. The van der Waals surface area contributed by atoms with E-state index in [1.54, 1.807) is 0 Å². The molecule has 0 aromatic heterocycles. The Labute approximate surface area is 131 Å². The quantitative estimate of drug-likeness (QED) is 0.787. The smallest absolute Gasteiger partial charge is 0.313 e. The number of hydrogen-bond donors (Lipinski definition) is 2. The summed E-state index contributed by atoms with van der Waals surface area (Å²) in [5, 5.41) is 3.26. The molecule has 1 aliphatic carbocycles. The fourth-order valence-electron chi connectivity index (χ4n) is 3.42. The molecule has 0 unspecified atom stereocenters. The number of nitrogens with one attached hydrogen (secondary N) is 1. The summed E-state index contributed by atoms with van der Waals surface area (Å²) in [6.07, 6.45) is 3.06. The first kappa shape index (κ1) is 16.5. The van der Waals surface area contributed by atoms with E-state index in [9.17, 15) is 9.59 Å². The van der Waals surface area contributed by atoms with Crippen molar-refractivity contribution in [1.82, 2.24) is 5.32 Å². The van der Waals surface area contributed by atoms with Crippen molar-refractivity contribution in [2.24, 2.45) is 11.1 Å².